The Kier molecular flexibility index (Phi) is 5.36. The average molecular weight is 419 g/mol. The first-order valence-electron chi connectivity index (χ1n) is 11.1. The summed E-state index contributed by atoms with van der Waals surface area (Å²) in [6, 6.07) is 40.9. The highest BCUT2D eigenvalue weighted by Crippen LogP contribution is 2.53. The quantitative estimate of drug-likeness (QED) is 0.341. The van der Waals surface area contributed by atoms with Crippen LogP contribution in [0.2, 0.25) is 0 Å². The van der Waals surface area contributed by atoms with Crippen LogP contribution in [0.4, 0.5) is 0 Å². The maximum absolute atomic E-state index is 13.8. The molecule has 0 amide bonds. The van der Waals surface area contributed by atoms with Gasteiger partial charge in [0, 0.05) is 17.5 Å². The summed E-state index contributed by atoms with van der Waals surface area (Å²) in [7, 11) is 0. The normalized spacial score (nSPS) is 16.4. The zero-order valence-corrected chi connectivity index (χ0v) is 18.0. The molecule has 2 heteroatoms. The van der Waals surface area contributed by atoms with E-state index in [0.717, 1.165) is 22.3 Å². The van der Waals surface area contributed by atoms with E-state index in [1.165, 1.54) is 0 Å². The summed E-state index contributed by atoms with van der Waals surface area (Å²) in [5.74, 6) is -0.127. The molecule has 0 aliphatic carbocycles. The Morgan fingerprint density at radius 2 is 0.938 bits per heavy atom. The van der Waals surface area contributed by atoms with Gasteiger partial charge in [0.05, 0.1) is 5.41 Å². The van der Waals surface area contributed by atoms with Crippen molar-refractivity contribution in [2.75, 3.05) is 0 Å². The Labute approximate surface area is 189 Å². The van der Waals surface area contributed by atoms with E-state index < -0.39 is 11.0 Å². The minimum atomic E-state index is -0.802. The molecular weight excluding hydrogens is 392 g/mol. The molecule has 0 aromatic heterocycles. The fourth-order valence-electron chi connectivity index (χ4n) is 5.06. The van der Waals surface area contributed by atoms with Gasteiger partial charge >= 0.3 is 5.97 Å². The van der Waals surface area contributed by atoms with Crippen molar-refractivity contribution in [3.8, 4) is 0 Å². The summed E-state index contributed by atoms with van der Waals surface area (Å²) in [5.41, 5.74) is 2.87. The third-order valence-corrected chi connectivity index (χ3v) is 6.54. The molecule has 0 saturated carbocycles. The third-order valence-electron chi connectivity index (χ3n) is 6.54. The van der Waals surface area contributed by atoms with Gasteiger partial charge in [-0.2, -0.15) is 0 Å². The first kappa shape index (κ1) is 20.3. The number of hydrogen-bond acceptors (Lipinski definition) is 2. The Hall–Kier alpha value is -3.65. The number of esters is 1. The van der Waals surface area contributed by atoms with Crippen molar-refractivity contribution in [2.45, 2.75) is 24.9 Å². The van der Waals surface area contributed by atoms with Gasteiger partial charge in [0.15, 0.2) is 5.60 Å². The van der Waals surface area contributed by atoms with Crippen LogP contribution in [0.25, 0.3) is 0 Å². The molecule has 0 radical (unpaired) electrons. The second kappa shape index (κ2) is 8.47. The van der Waals surface area contributed by atoms with Crippen molar-refractivity contribution < 1.29 is 9.53 Å². The van der Waals surface area contributed by atoms with Crippen molar-refractivity contribution in [3.63, 3.8) is 0 Å². The van der Waals surface area contributed by atoms with Crippen molar-refractivity contribution in [1.82, 2.24) is 0 Å². The van der Waals surface area contributed by atoms with Gasteiger partial charge in [0.25, 0.3) is 0 Å². The van der Waals surface area contributed by atoms with E-state index in [0.29, 0.717) is 19.3 Å². The molecule has 4 aromatic rings. The molecule has 0 unspecified atom stereocenters. The molecule has 4 aromatic carbocycles. The molecule has 0 atom stereocenters. The minimum absolute atomic E-state index is 0.127. The summed E-state index contributed by atoms with van der Waals surface area (Å²) < 4.78 is 6.44. The number of ether oxygens (including phenoxy) is 1. The molecule has 1 aliphatic rings. The standard InChI is InChI=1S/C30H26O2/c31-28-29(21-24-13-5-1-6-14-24,22-25-15-7-2-8-16-25)23-30(32-28,26-17-9-3-10-18-26)27-19-11-4-12-20-27/h1-20H,21-23H2. The smallest absolute Gasteiger partial charge is 0.314 e. The topological polar surface area (TPSA) is 26.3 Å². The predicted molar refractivity (Wildman–Crippen MR) is 127 cm³/mol. The highest BCUT2D eigenvalue weighted by atomic mass is 16.6. The lowest BCUT2D eigenvalue weighted by atomic mass is 9.69. The molecule has 1 saturated heterocycles. The van der Waals surface area contributed by atoms with Gasteiger partial charge in [-0.25, -0.2) is 0 Å². The van der Waals surface area contributed by atoms with Crippen LogP contribution in [0, 0.1) is 5.41 Å². The number of hydrogen-bond donors (Lipinski definition) is 0. The number of rotatable bonds is 6. The van der Waals surface area contributed by atoms with Gasteiger partial charge in [-0.3, -0.25) is 4.79 Å². The zero-order chi connectivity index (χ0) is 21.9. The molecule has 158 valence electrons. The Morgan fingerprint density at radius 3 is 1.34 bits per heavy atom. The molecule has 1 fully saturated rings. The Balaban J connectivity index is 1.64. The molecular formula is C30H26O2. The molecule has 0 N–H and O–H groups in total. The maximum Gasteiger partial charge on any atom is 0.314 e. The van der Waals surface area contributed by atoms with Crippen molar-refractivity contribution in [1.29, 1.82) is 0 Å². The molecule has 2 nitrogen and oxygen atoms in total. The predicted octanol–water partition coefficient (Wildman–Crippen LogP) is 6.35. The van der Waals surface area contributed by atoms with Crippen LogP contribution in [0.15, 0.2) is 121 Å². The molecule has 1 aliphatic heterocycles. The summed E-state index contributed by atoms with van der Waals surface area (Å²) >= 11 is 0. The van der Waals surface area contributed by atoms with Gasteiger partial charge in [-0.05, 0) is 24.0 Å². The monoisotopic (exact) mass is 418 g/mol. The van der Waals surface area contributed by atoms with E-state index in [4.69, 9.17) is 4.74 Å². The van der Waals surface area contributed by atoms with Crippen LogP contribution < -0.4 is 0 Å². The van der Waals surface area contributed by atoms with Crippen molar-refractivity contribution in [3.05, 3.63) is 144 Å². The molecule has 32 heavy (non-hydrogen) atoms. The van der Waals surface area contributed by atoms with Crippen LogP contribution in [0.3, 0.4) is 0 Å². The molecule has 0 spiro atoms. The SMILES string of the molecule is O=C1OC(c2ccccc2)(c2ccccc2)CC1(Cc1ccccc1)Cc1ccccc1. The van der Waals surface area contributed by atoms with Crippen LogP contribution >= 0.6 is 0 Å². The van der Waals surface area contributed by atoms with Gasteiger partial charge in [0.1, 0.15) is 0 Å². The molecule has 1 heterocycles. The lowest BCUT2D eigenvalue weighted by Crippen LogP contribution is -2.33. The lowest BCUT2D eigenvalue weighted by Gasteiger charge is -2.31. The number of carbonyl (C=O) groups excluding carboxylic acids is 1. The maximum atomic E-state index is 13.8. The Morgan fingerprint density at radius 1 is 0.562 bits per heavy atom. The van der Waals surface area contributed by atoms with Crippen LogP contribution in [0.5, 0.6) is 0 Å². The lowest BCUT2D eigenvalue weighted by molar-refractivity contribution is -0.152. The van der Waals surface area contributed by atoms with Gasteiger partial charge < -0.3 is 4.74 Å². The van der Waals surface area contributed by atoms with Crippen LogP contribution in [-0.4, -0.2) is 5.97 Å². The van der Waals surface area contributed by atoms with E-state index >= 15 is 0 Å². The number of carbonyl (C=O) groups is 1. The zero-order valence-electron chi connectivity index (χ0n) is 18.0. The Bertz CT molecular complexity index is 1090. The second-order valence-electron chi connectivity index (χ2n) is 8.73. The average Bonchev–Trinajstić information content (AvgIpc) is 3.14. The minimum Gasteiger partial charge on any atom is -0.449 e. The van der Waals surface area contributed by atoms with Crippen molar-refractivity contribution in [2.24, 2.45) is 5.41 Å². The van der Waals surface area contributed by atoms with E-state index in [1.54, 1.807) is 0 Å². The second-order valence-corrected chi connectivity index (χ2v) is 8.73. The highest BCUT2D eigenvalue weighted by Gasteiger charge is 2.58. The number of cyclic esters (lactones) is 1. The van der Waals surface area contributed by atoms with Gasteiger partial charge in [-0.1, -0.05) is 121 Å². The van der Waals surface area contributed by atoms with E-state index in [-0.39, 0.29) is 5.97 Å². The number of benzene rings is 4. The van der Waals surface area contributed by atoms with E-state index in [2.05, 4.69) is 48.5 Å². The summed E-state index contributed by atoms with van der Waals surface area (Å²) in [5, 5.41) is 0. The van der Waals surface area contributed by atoms with Gasteiger partial charge in [-0.15, -0.1) is 0 Å². The molecule has 0 bridgehead atoms. The van der Waals surface area contributed by atoms with E-state index in [1.807, 2.05) is 72.8 Å². The summed E-state index contributed by atoms with van der Waals surface area (Å²) in [4.78, 5) is 13.8. The first-order chi connectivity index (χ1) is 15.7. The van der Waals surface area contributed by atoms with Crippen LogP contribution in [-0.2, 0) is 28.0 Å². The van der Waals surface area contributed by atoms with Gasteiger partial charge in [0.2, 0.25) is 0 Å². The molecule has 5 rings (SSSR count). The summed E-state index contributed by atoms with van der Waals surface area (Å²) in [6.07, 6.45) is 1.88. The van der Waals surface area contributed by atoms with E-state index in [9.17, 15) is 4.79 Å². The fourth-order valence-corrected chi connectivity index (χ4v) is 5.06. The van der Waals surface area contributed by atoms with Crippen molar-refractivity contribution >= 4 is 5.97 Å². The highest BCUT2D eigenvalue weighted by molar-refractivity contribution is 5.82. The first-order valence-corrected chi connectivity index (χ1v) is 11.1. The third kappa shape index (κ3) is 3.73. The summed E-state index contributed by atoms with van der Waals surface area (Å²) in [6.45, 7) is 0. The largest absolute Gasteiger partial charge is 0.449 e. The fraction of sp³-hybridized carbons (Fsp3) is 0.167. The van der Waals surface area contributed by atoms with Crippen LogP contribution in [0.1, 0.15) is 28.7 Å².